The molecule has 2 nitrogen and oxygen atoms in total. The summed E-state index contributed by atoms with van der Waals surface area (Å²) in [7, 11) is 1.91. The average molecular weight is 264 g/mol. The minimum atomic E-state index is -0.131. The van der Waals surface area contributed by atoms with E-state index in [1.54, 1.807) is 17.4 Å². The Morgan fingerprint density at radius 3 is 2.72 bits per heavy atom. The summed E-state index contributed by atoms with van der Waals surface area (Å²) in [5, 5.41) is 6.38. The Kier molecular flexibility index (Phi) is 4.44. The Balaban J connectivity index is 2.04. The van der Waals surface area contributed by atoms with Crippen molar-refractivity contribution in [3.05, 3.63) is 51.7 Å². The zero-order chi connectivity index (χ0) is 13.0. The summed E-state index contributed by atoms with van der Waals surface area (Å²) in [6.07, 6.45) is 1.52. The molecule has 0 saturated heterocycles. The van der Waals surface area contributed by atoms with Crippen LogP contribution in [0.3, 0.4) is 0 Å². The molecule has 1 aromatic heterocycles. The van der Waals surface area contributed by atoms with Gasteiger partial charge >= 0.3 is 0 Å². The third kappa shape index (κ3) is 3.37. The molecule has 1 aromatic carbocycles. The molecular weight excluding hydrogens is 247 g/mol. The van der Waals surface area contributed by atoms with E-state index in [1.165, 1.54) is 6.07 Å². The topological polar surface area (TPSA) is 24.9 Å². The zero-order valence-corrected chi connectivity index (χ0v) is 11.4. The van der Waals surface area contributed by atoms with Gasteiger partial charge in [0.1, 0.15) is 5.82 Å². The first-order valence-corrected chi connectivity index (χ1v) is 6.88. The van der Waals surface area contributed by atoms with E-state index in [1.807, 2.05) is 31.5 Å². The highest BCUT2D eigenvalue weighted by Gasteiger charge is 2.12. The van der Waals surface area contributed by atoms with Gasteiger partial charge in [-0.25, -0.2) is 9.37 Å². The van der Waals surface area contributed by atoms with Crippen molar-refractivity contribution >= 4 is 11.3 Å². The molecule has 1 unspecified atom stereocenters. The van der Waals surface area contributed by atoms with E-state index in [9.17, 15) is 4.39 Å². The molecule has 0 spiro atoms. The van der Waals surface area contributed by atoms with Gasteiger partial charge in [0.05, 0.1) is 5.01 Å². The Bertz CT molecular complexity index is 510. The second kappa shape index (κ2) is 6.07. The fraction of sp³-hybridized carbons (Fsp3) is 0.357. The van der Waals surface area contributed by atoms with Gasteiger partial charge in [0.25, 0.3) is 0 Å². The Morgan fingerprint density at radius 1 is 1.33 bits per heavy atom. The second-order valence-corrected chi connectivity index (χ2v) is 5.31. The number of nitrogens with zero attached hydrogens (tertiary/aromatic N) is 1. The van der Waals surface area contributed by atoms with Crippen LogP contribution in [0.5, 0.6) is 0 Å². The molecule has 1 atom stereocenters. The summed E-state index contributed by atoms with van der Waals surface area (Å²) in [5.74, 6) is -0.131. The van der Waals surface area contributed by atoms with Crippen molar-refractivity contribution in [1.29, 1.82) is 0 Å². The number of hydrogen-bond acceptors (Lipinski definition) is 3. The number of likely N-dealkylation sites (N-methyl/N-ethyl adjacent to an activating group) is 1. The highest BCUT2D eigenvalue weighted by molar-refractivity contribution is 7.09. The van der Waals surface area contributed by atoms with E-state index in [0.29, 0.717) is 6.42 Å². The summed E-state index contributed by atoms with van der Waals surface area (Å²) >= 11 is 1.66. The Morgan fingerprint density at radius 2 is 2.11 bits per heavy atom. The van der Waals surface area contributed by atoms with E-state index in [0.717, 1.165) is 22.7 Å². The van der Waals surface area contributed by atoms with Crippen LogP contribution in [0.25, 0.3) is 0 Å². The Hall–Kier alpha value is -1.26. The number of thiazole rings is 1. The lowest BCUT2D eigenvalue weighted by Crippen LogP contribution is -2.30. The minimum absolute atomic E-state index is 0.131. The van der Waals surface area contributed by atoms with E-state index >= 15 is 0 Å². The van der Waals surface area contributed by atoms with E-state index in [-0.39, 0.29) is 11.9 Å². The maximum atomic E-state index is 13.6. The van der Waals surface area contributed by atoms with Gasteiger partial charge in [-0.05, 0) is 32.0 Å². The number of hydrogen-bond donors (Lipinski definition) is 1. The predicted octanol–water partition coefficient (Wildman–Crippen LogP) is 2.96. The summed E-state index contributed by atoms with van der Waals surface area (Å²) in [4.78, 5) is 4.45. The molecule has 0 bridgehead atoms. The fourth-order valence-electron chi connectivity index (χ4n) is 1.91. The monoisotopic (exact) mass is 264 g/mol. The number of halogens is 1. The quantitative estimate of drug-likeness (QED) is 0.898. The molecule has 96 valence electrons. The molecule has 1 N–H and O–H groups in total. The van der Waals surface area contributed by atoms with Crippen molar-refractivity contribution in [2.24, 2.45) is 0 Å². The summed E-state index contributed by atoms with van der Waals surface area (Å²) in [5.41, 5.74) is 1.81. The van der Waals surface area contributed by atoms with Crippen LogP contribution in [0.2, 0.25) is 0 Å². The van der Waals surface area contributed by atoms with Crippen molar-refractivity contribution in [2.45, 2.75) is 25.8 Å². The highest BCUT2D eigenvalue weighted by Crippen LogP contribution is 2.15. The van der Waals surface area contributed by atoms with Gasteiger partial charge in [0, 0.05) is 23.5 Å². The molecule has 0 aliphatic rings. The van der Waals surface area contributed by atoms with Crippen LogP contribution in [0.1, 0.15) is 16.3 Å². The molecule has 1 heterocycles. The van der Waals surface area contributed by atoms with Gasteiger partial charge < -0.3 is 5.32 Å². The van der Waals surface area contributed by atoms with Gasteiger partial charge in [-0.2, -0.15) is 0 Å². The zero-order valence-electron chi connectivity index (χ0n) is 10.6. The van der Waals surface area contributed by atoms with Gasteiger partial charge in [-0.15, -0.1) is 11.3 Å². The molecule has 0 aliphatic carbocycles. The molecule has 0 amide bonds. The summed E-state index contributed by atoms with van der Waals surface area (Å²) in [6, 6.07) is 7.16. The first kappa shape index (κ1) is 13.2. The lowest BCUT2D eigenvalue weighted by molar-refractivity contribution is 0.531. The molecule has 0 fully saturated rings. The van der Waals surface area contributed by atoms with Crippen molar-refractivity contribution in [2.75, 3.05) is 7.05 Å². The molecule has 2 rings (SSSR count). The SMILES string of the molecule is CNC(Cc1nc(C)cs1)Cc1ccccc1F. The highest BCUT2D eigenvalue weighted by atomic mass is 32.1. The Labute approximate surface area is 111 Å². The number of benzene rings is 1. The average Bonchev–Trinajstić information content (AvgIpc) is 2.76. The summed E-state index contributed by atoms with van der Waals surface area (Å²) in [6.45, 7) is 1.99. The van der Waals surface area contributed by atoms with Crippen LogP contribution in [0, 0.1) is 12.7 Å². The molecule has 0 radical (unpaired) electrons. The van der Waals surface area contributed by atoms with Crippen molar-refractivity contribution in [3.63, 3.8) is 0 Å². The third-order valence-corrected chi connectivity index (χ3v) is 3.91. The second-order valence-electron chi connectivity index (χ2n) is 4.37. The van der Waals surface area contributed by atoms with E-state index < -0.39 is 0 Å². The van der Waals surface area contributed by atoms with Crippen LogP contribution in [-0.4, -0.2) is 18.1 Å². The molecule has 18 heavy (non-hydrogen) atoms. The van der Waals surface area contributed by atoms with Crippen LogP contribution >= 0.6 is 11.3 Å². The van der Waals surface area contributed by atoms with Gasteiger partial charge in [-0.3, -0.25) is 0 Å². The van der Waals surface area contributed by atoms with Crippen LogP contribution in [-0.2, 0) is 12.8 Å². The first-order chi connectivity index (χ1) is 8.69. The normalized spacial score (nSPS) is 12.6. The number of aryl methyl sites for hydroxylation is 1. The molecular formula is C14H17FN2S. The van der Waals surface area contributed by atoms with Crippen LogP contribution < -0.4 is 5.32 Å². The van der Waals surface area contributed by atoms with Crippen LogP contribution in [0.15, 0.2) is 29.6 Å². The van der Waals surface area contributed by atoms with Gasteiger partial charge in [0.2, 0.25) is 0 Å². The first-order valence-electron chi connectivity index (χ1n) is 6.00. The van der Waals surface area contributed by atoms with Crippen LogP contribution in [0.4, 0.5) is 4.39 Å². The maximum Gasteiger partial charge on any atom is 0.126 e. The lowest BCUT2D eigenvalue weighted by atomic mass is 10.0. The third-order valence-electron chi connectivity index (χ3n) is 2.92. The summed E-state index contributed by atoms with van der Waals surface area (Å²) < 4.78 is 13.6. The number of aromatic nitrogens is 1. The molecule has 2 aromatic rings. The molecule has 0 saturated carbocycles. The molecule has 0 aliphatic heterocycles. The van der Waals surface area contributed by atoms with E-state index in [4.69, 9.17) is 0 Å². The largest absolute Gasteiger partial charge is 0.316 e. The lowest BCUT2D eigenvalue weighted by Gasteiger charge is -2.15. The predicted molar refractivity (Wildman–Crippen MR) is 73.5 cm³/mol. The van der Waals surface area contributed by atoms with Gasteiger partial charge in [-0.1, -0.05) is 18.2 Å². The van der Waals surface area contributed by atoms with Crippen molar-refractivity contribution < 1.29 is 4.39 Å². The number of nitrogens with one attached hydrogen (secondary N) is 1. The number of rotatable bonds is 5. The standard InChI is InChI=1S/C14H17FN2S/c1-10-9-18-14(17-10)8-12(16-2)7-11-5-3-4-6-13(11)15/h3-6,9,12,16H,7-8H2,1-2H3. The van der Waals surface area contributed by atoms with Gasteiger partial charge in [0.15, 0.2) is 0 Å². The minimum Gasteiger partial charge on any atom is -0.316 e. The van der Waals surface area contributed by atoms with Crippen molar-refractivity contribution in [3.8, 4) is 0 Å². The van der Waals surface area contributed by atoms with E-state index in [2.05, 4.69) is 10.3 Å². The smallest absolute Gasteiger partial charge is 0.126 e. The maximum absolute atomic E-state index is 13.6. The van der Waals surface area contributed by atoms with Crippen molar-refractivity contribution in [1.82, 2.24) is 10.3 Å². The molecule has 4 heteroatoms. The fourth-order valence-corrected chi connectivity index (χ4v) is 2.77.